The maximum absolute atomic E-state index is 12.1. The Balaban J connectivity index is 1.61. The van der Waals surface area contributed by atoms with E-state index >= 15 is 0 Å². The van der Waals surface area contributed by atoms with Crippen molar-refractivity contribution in [2.24, 2.45) is 0 Å². The molecular weight excluding hydrogens is 314 g/mol. The fourth-order valence-electron chi connectivity index (χ4n) is 2.44. The highest BCUT2D eigenvalue weighted by atomic mass is 32.2. The maximum Gasteiger partial charge on any atom is 0.255 e. The topological polar surface area (TPSA) is 73.2 Å². The fraction of sp³-hybridized carbons (Fsp3) is 0.312. The summed E-state index contributed by atoms with van der Waals surface area (Å²) in [6, 6.07) is 9.27. The lowest BCUT2D eigenvalue weighted by atomic mass is 10.2. The Labute approximate surface area is 135 Å². The first-order chi connectivity index (χ1) is 11.1. The molecule has 0 saturated carbocycles. The van der Waals surface area contributed by atoms with E-state index in [-0.39, 0.29) is 6.10 Å². The molecule has 2 heterocycles. The highest BCUT2D eigenvalue weighted by molar-refractivity contribution is 7.95. The summed E-state index contributed by atoms with van der Waals surface area (Å²) < 4.78 is 33.9. The van der Waals surface area contributed by atoms with Crippen LogP contribution < -0.4 is 4.72 Å². The quantitative estimate of drug-likeness (QED) is 0.881. The van der Waals surface area contributed by atoms with Crippen LogP contribution in [0.2, 0.25) is 0 Å². The summed E-state index contributed by atoms with van der Waals surface area (Å²) in [5, 5.41) is 5.32. The van der Waals surface area contributed by atoms with Crippen molar-refractivity contribution in [3.05, 3.63) is 53.7 Å². The van der Waals surface area contributed by atoms with Gasteiger partial charge < -0.3 is 4.74 Å². The summed E-state index contributed by atoms with van der Waals surface area (Å²) in [5.41, 5.74) is 1.27. The number of hydrogen-bond donors (Lipinski definition) is 1. The number of nitrogens with zero attached hydrogens (tertiary/aromatic N) is 2. The number of rotatable bonds is 6. The second-order valence-corrected chi connectivity index (χ2v) is 7.01. The van der Waals surface area contributed by atoms with Gasteiger partial charge in [0.25, 0.3) is 10.0 Å². The largest absolute Gasteiger partial charge is 0.376 e. The molecule has 6 nitrogen and oxygen atoms in total. The van der Waals surface area contributed by atoms with Gasteiger partial charge in [-0.05, 0) is 24.5 Å². The molecule has 2 aromatic rings. The molecule has 0 aliphatic carbocycles. The minimum Gasteiger partial charge on any atom is -0.376 e. The van der Waals surface area contributed by atoms with Crippen LogP contribution in [0.15, 0.2) is 48.1 Å². The second-order valence-electron chi connectivity index (χ2n) is 5.45. The van der Waals surface area contributed by atoms with Crippen molar-refractivity contribution in [3.8, 4) is 0 Å². The number of hydrogen-bond acceptors (Lipinski definition) is 4. The first kappa shape index (κ1) is 15.8. The fourth-order valence-corrected chi connectivity index (χ4v) is 3.28. The SMILES string of the molecule is O=S(=O)(/C=C\c1ccccc1)Nc1cnn(C[C@@H]2CCCO2)c1. The molecule has 7 heteroatoms. The van der Waals surface area contributed by atoms with Crippen molar-refractivity contribution < 1.29 is 13.2 Å². The normalized spacial score (nSPS) is 18.5. The number of aromatic nitrogens is 2. The molecule has 0 bridgehead atoms. The third kappa shape index (κ3) is 4.67. The molecule has 0 spiro atoms. The predicted octanol–water partition coefficient (Wildman–Crippen LogP) is 2.47. The van der Waals surface area contributed by atoms with E-state index in [0.717, 1.165) is 30.4 Å². The monoisotopic (exact) mass is 333 g/mol. The molecule has 0 unspecified atom stereocenters. The average Bonchev–Trinajstić information content (AvgIpc) is 3.19. The molecule has 1 atom stereocenters. The van der Waals surface area contributed by atoms with Crippen molar-refractivity contribution in [3.63, 3.8) is 0 Å². The second kappa shape index (κ2) is 6.97. The van der Waals surface area contributed by atoms with Crippen molar-refractivity contribution >= 4 is 21.8 Å². The smallest absolute Gasteiger partial charge is 0.255 e. The Hall–Kier alpha value is -2.12. The third-order valence-electron chi connectivity index (χ3n) is 3.55. The lowest BCUT2D eigenvalue weighted by Crippen LogP contribution is -2.15. The molecule has 0 radical (unpaired) electrons. The van der Waals surface area contributed by atoms with E-state index in [2.05, 4.69) is 9.82 Å². The van der Waals surface area contributed by atoms with E-state index < -0.39 is 10.0 Å². The van der Waals surface area contributed by atoms with E-state index in [1.807, 2.05) is 30.3 Å². The van der Waals surface area contributed by atoms with E-state index in [4.69, 9.17) is 4.74 Å². The van der Waals surface area contributed by atoms with E-state index in [0.29, 0.717) is 12.2 Å². The van der Waals surface area contributed by atoms with Gasteiger partial charge in [-0.3, -0.25) is 9.40 Å². The van der Waals surface area contributed by atoms with Crippen LogP contribution in [0.1, 0.15) is 18.4 Å². The number of benzene rings is 1. The zero-order chi connectivity index (χ0) is 16.1. The summed E-state index contributed by atoms with van der Waals surface area (Å²) >= 11 is 0. The van der Waals surface area contributed by atoms with Gasteiger partial charge in [0, 0.05) is 12.8 Å². The van der Waals surface area contributed by atoms with Crippen LogP contribution in [-0.2, 0) is 21.3 Å². The van der Waals surface area contributed by atoms with Crippen molar-refractivity contribution in [2.75, 3.05) is 11.3 Å². The Morgan fingerprint density at radius 3 is 2.91 bits per heavy atom. The van der Waals surface area contributed by atoms with Gasteiger partial charge in [0.1, 0.15) is 0 Å². The van der Waals surface area contributed by atoms with Gasteiger partial charge in [-0.2, -0.15) is 5.10 Å². The average molecular weight is 333 g/mol. The molecule has 122 valence electrons. The van der Waals surface area contributed by atoms with E-state index in [9.17, 15) is 8.42 Å². The van der Waals surface area contributed by atoms with Crippen LogP contribution >= 0.6 is 0 Å². The van der Waals surface area contributed by atoms with Crippen molar-refractivity contribution in [1.82, 2.24) is 9.78 Å². The van der Waals surface area contributed by atoms with Gasteiger partial charge in [-0.15, -0.1) is 0 Å². The lowest BCUT2D eigenvalue weighted by Gasteiger charge is -2.08. The molecule has 1 aliphatic heterocycles. The zero-order valence-electron chi connectivity index (χ0n) is 12.6. The summed E-state index contributed by atoms with van der Waals surface area (Å²) in [5.74, 6) is 0. The number of anilines is 1. The van der Waals surface area contributed by atoms with Crippen LogP contribution in [0.25, 0.3) is 6.08 Å². The number of sulfonamides is 1. The lowest BCUT2D eigenvalue weighted by molar-refractivity contribution is 0.0940. The molecule has 1 aromatic heterocycles. The molecule has 1 aromatic carbocycles. The summed E-state index contributed by atoms with van der Waals surface area (Å²) in [4.78, 5) is 0. The Morgan fingerprint density at radius 2 is 2.17 bits per heavy atom. The van der Waals surface area contributed by atoms with Crippen LogP contribution in [0.3, 0.4) is 0 Å². The minimum absolute atomic E-state index is 0.164. The number of nitrogens with one attached hydrogen (secondary N) is 1. The predicted molar refractivity (Wildman–Crippen MR) is 89.2 cm³/mol. The van der Waals surface area contributed by atoms with Gasteiger partial charge >= 0.3 is 0 Å². The molecule has 23 heavy (non-hydrogen) atoms. The van der Waals surface area contributed by atoms with Crippen molar-refractivity contribution in [1.29, 1.82) is 0 Å². The molecule has 0 amide bonds. The Bertz CT molecular complexity index is 763. The van der Waals surface area contributed by atoms with Gasteiger partial charge in [0.05, 0.1) is 29.9 Å². The van der Waals surface area contributed by atoms with Crippen molar-refractivity contribution in [2.45, 2.75) is 25.5 Å². The summed E-state index contributed by atoms with van der Waals surface area (Å²) in [6.07, 6.45) is 6.98. The number of ether oxygens (including phenoxy) is 1. The molecule has 1 saturated heterocycles. The van der Waals surface area contributed by atoms with Gasteiger partial charge in [0.15, 0.2) is 0 Å². The highest BCUT2D eigenvalue weighted by Crippen LogP contribution is 2.15. The maximum atomic E-state index is 12.1. The molecule has 3 rings (SSSR count). The van der Waals surface area contributed by atoms with Crippen LogP contribution in [0.5, 0.6) is 0 Å². The minimum atomic E-state index is -3.56. The summed E-state index contributed by atoms with van der Waals surface area (Å²) in [7, 11) is -3.56. The van der Waals surface area contributed by atoms with Crippen LogP contribution in [-0.4, -0.2) is 30.9 Å². The van der Waals surface area contributed by atoms with Gasteiger partial charge in [-0.25, -0.2) is 8.42 Å². The Morgan fingerprint density at radius 1 is 1.35 bits per heavy atom. The molecule has 1 fully saturated rings. The van der Waals surface area contributed by atoms with E-state index in [1.165, 1.54) is 6.20 Å². The first-order valence-corrected chi connectivity index (χ1v) is 9.05. The Kier molecular flexibility index (Phi) is 4.78. The van der Waals surface area contributed by atoms with E-state index in [1.54, 1.807) is 17.0 Å². The van der Waals surface area contributed by atoms with Crippen LogP contribution in [0.4, 0.5) is 5.69 Å². The molecule has 1 N–H and O–H groups in total. The van der Waals surface area contributed by atoms with Crippen LogP contribution in [0, 0.1) is 0 Å². The molecular formula is C16H19N3O3S. The standard InChI is InChI=1S/C16H19N3O3S/c20-23(21,10-8-14-5-2-1-3-6-14)18-15-11-17-19(12-15)13-16-7-4-9-22-16/h1-3,5-6,8,10-12,16,18H,4,7,9,13H2/b10-8-/t16-/m0/s1. The first-order valence-electron chi connectivity index (χ1n) is 7.51. The van der Waals surface area contributed by atoms with Gasteiger partial charge in [0.2, 0.25) is 0 Å². The van der Waals surface area contributed by atoms with Gasteiger partial charge in [-0.1, -0.05) is 30.3 Å². The highest BCUT2D eigenvalue weighted by Gasteiger charge is 2.16. The zero-order valence-corrected chi connectivity index (χ0v) is 13.4. The molecule has 1 aliphatic rings. The summed E-state index contributed by atoms with van der Waals surface area (Å²) in [6.45, 7) is 1.43. The third-order valence-corrected chi connectivity index (χ3v) is 4.56.